The molecule has 2 aromatic rings. The van der Waals surface area contributed by atoms with Crippen molar-refractivity contribution in [3.63, 3.8) is 0 Å². The fourth-order valence-electron chi connectivity index (χ4n) is 1.05. The van der Waals surface area contributed by atoms with Crippen LogP contribution in [0.1, 0.15) is 10.4 Å². The van der Waals surface area contributed by atoms with Crippen molar-refractivity contribution >= 4 is 21.9 Å². The molecule has 76 valence electrons. The van der Waals surface area contributed by atoms with Crippen LogP contribution in [0.4, 0.5) is 0 Å². The number of carboxylic acid groups (broad SMARTS) is 1. The number of rotatable bonds is 2. The van der Waals surface area contributed by atoms with E-state index in [0.717, 1.165) is 0 Å². The Morgan fingerprint density at radius 1 is 1.53 bits per heavy atom. The molecule has 1 N–H and O–H groups in total. The second kappa shape index (κ2) is 3.77. The van der Waals surface area contributed by atoms with E-state index in [1.54, 1.807) is 12.3 Å². The van der Waals surface area contributed by atoms with Gasteiger partial charge in [0.1, 0.15) is 16.5 Å². The smallest absolute Gasteiger partial charge is 0.340 e. The van der Waals surface area contributed by atoms with Gasteiger partial charge in [0.2, 0.25) is 0 Å². The monoisotopic (exact) mass is 268 g/mol. The number of hydrogen-bond donors (Lipinski definition) is 1. The minimum Gasteiger partial charge on any atom is -0.478 e. The molecule has 0 amide bonds. The molecule has 0 radical (unpaired) electrons. The van der Waals surface area contributed by atoms with Gasteiger partial charge in [-0.05, 0) is 15.9 Å². The van der Waals surface area contributed by atoms with E-state index < -0.39 is 5.97 Å². The normalized spacial score (nSPS) is 10.2. The van der Waals surface area contributed by atoms with E-state index >= 15 is 0 Å². The highest BCUT2D eigenvalue weighted by Gasteiger charge is 2.15. The van der Waals surface area contributed by atoms with Crippen molar-refractivity contribution in [2.24, 2.45) is 0 Å². The van der Waals surface area contributed by atoms with Crippen molar-refractivity contribution in [1.29, 1.82) is 0 Å². The maximum atomic E-state index is 10.8. The van der Waals surface area contributed by atoms with Crippen molar-refractivity contribution in [2.45, 2.75) is 0 Å². The average molecular weight is 269 g/mol. The molecule has 15 heavy (non-hydrogen) atoms. The van der Waals surface area contributed by atoms with Crippen LogP contribution in [0.25, 0.3) is 5.82 Å². The molecular weight excluding hydrogens is 264 g/mol. The van der Waals surface area contributed by atoms with Gasteiger partial charge < -0.3 is 5.11 Å². The van der Waals surface area contributed by atoms with Crippen molar-refractivity contribution < 1.29 is 9.90 Å². The zero-order valence-corrected chi connectivity index (χ0v) is 8.92. The Labute approximate surface area is 92.7 Å². The standard InChI is InChI=1S/C8H5BrN4O2/c9-7-5(8(14)15)3-12-13(7)6-1-2-10-4-11-6/h1-4H,(H,14,15). The number of carboxylic acids is 1. The van der Waals surface area contributed by atoms with E-state index in [1.165, 1.54) is 17.2 Å². The summed E-state index contributed by atoms with van der Waals surface area (Å²) in [6, 6.07) is 1.63. The molecule has 6 nitrogen and oxygen atoms in total. The van der Waals surface area contributed by atoms with Gasteiger partial charge in [-0.2, -0.15) is 5.10 Å². The molecule has 0 saturated carbocycles. The van der Waals surface area contributed by atoms with Gasteiger partial charge in [-0.25, -0.2) is 19.4 Å². The summed E-state index contributed by atoms with van der Waals surface area (Å²) in [5.41, 5.74) is 0.0913. The van der Waals surface area contributed by atoms with Crippen LogP contribution in [0, 0.1) is 0 Å². The Kier molecular flexibility index (Phi) is 2.46. The molecule has 0 aliphatic rings. The lowest BCUT2D eigenvalue weighted by Crippen LogP contribution is -2.01. The minimum absolute atomic E-state index is 0.0913. The first-order valence-electron chi connectivity index (χ1n) is 3.93. The van der Waals surface area contributed by atoms with Gasteiger partial charge in [-0.1, -0.05) is 0 Å². The first kappa shape index (κ1) is 9.78. The third-order valence-corrected chi connectivity index (χ3v) is 2.49. The van der Waals surface area contributed by atoms with E-state index in [4.69, 9.17) is 5.11 Å². The maximum absolute atomic E-state index is 10.8. The first-order chi connectivity index (χ1) is 7.20. The van der Waals surface area contributed by atoms with Crippen LogP contribution in [0.5, 0.6) is 0 Å². The maximum Gasteiger partial charge on any atom is 0.340 e. The molecular formula is C8H5BrN4O2. The number of aromatic carboxylic acids is 1. The molecule has 2 rings (SSSR count). The molecule has 0 spiro atoms. The fourth-order valence-corrected chi connectivity index (χ4v) is 1.59. The molecule has 2 heterocycles. The predicted molar refractivity (Wildman–Crippen MR) is 53.8 cm³/mol. The summed E-state index contributed by atoms with van der Waals surface area (Å²) in [7, 11) is 0. The van der Waals surface area contributed by atoms with Gasteiger partial charge in [0, 0.05) is 12.3 Å². The topological polar surface area (TPSA) is 80.9 Å². The highest BCUT2D eigenvalue weighted by Crippen LogP contribution is 2.18. The predicted octanol–water partition coefficient (Wildman–Crippen LogP) is 1.12. The van der Waals surface area contributed by atoms with Gasteiger partial charge in [-0.15, -0.1) is 0 Å². The van der Waals surface area contributed by atoms with Crippen LogP contribution in [0.2, 0.25) is 0 Å². The molecule has 2 aromatic heterocycles. The quantitative estimate of drug-likeness (QED) is 0.883. The Hall–Kier alpha value is -1.76. The van der Waals surface area contributed by atoms with Crippen molar-refractivity contribution in [1.82, 2.24) is 19.7 Å². The zero-order chi connectivity index (χ0) is 10.8. The lowest BCUT2D eigenvalue weighted by molar-refractivity contribution is 0.0696. The summed E-state index contributed by atoms with van der Waals surface area (Å²) in [4.78, 5) is 18.5. The van der Waals surface area contributed by atoms with E-state index in [2.05, 4.69) is 31.0 Å². The lowest BCUT2D eigenvalue weighted by Gasteiger charge is -2.00. The summed E-state index contributed by atoms with van der Waals surface area (Å²) in [5, 5.41) is 12.7. The van der Waals surface area contributed by atoms with Crippen LogP contribution in [-0.4, -0.2) is 30.8 Å². The van der Waals surface area contributed by atoms with Crippen LogP contribution in [0.15, 0.2) is 29.4 Å². The molecule has 0 unspecified atom stereocenters. The highest BCUT2D eigenvalue weighted by molar-refractivity contribution is 9.10. The number of aromatic nitrogens is 4. The summed E-state index contributed by atoms with van der Waals surface area (Å²) < 4.78 is 1.74. The van der Waals surface area contributed by atoms with Crippen LogP contribution < -0.4 is 0 Å². The lowest BCUT2D eigenvalue weighted by atomic mass is 10.4. The third-order valence-electron chi connectivity index (χ3n) is 1.72. The summed E-state index contributed by atoms with van der Waals surface area (Å²) in [6.07, 6.45) is 4.18. The molecule has 0 atom stereocenters. The number of nitrogens with zero attached hydrogens (tertiary/aromatic N) is 4. The minimum atomic E-state index is -1.04. The zero-order valence-electron chi connectivity index (χ0n) is 7.33. The van der Waals surface area contributed by atoms with E-state index in [0.29, 0.717) is 10.4 Å². The first-order valence-corrected chi connectivity index (χ1v) is 4.72. The van der Waals surface area contributed by atoms with Crippen molar-refractivity contribution in [2.75, 3.05) is 0 Å². The van der Waals surface area contributed by atoms with Gasteiger partial charge in [0.05, 0.1) is 6.20 Å². The summed E-state index contributed by atoms with van der Waals surface area (Å²) in [5.74, 6) is -0.536. The Morgan fingerprint density at radius 2 is 2.33 bits per heavy atom. The van der Waals surface area contributed by atoms with Gasteiger partial charge in [0.25, 0.3) is 0 Å². The molecule has 7 heteroatoms. The molecule has 0 aromatic carbocycles. The molecule has 0 fully saturated rings. The fraction of sp³-hybridized carbons (Fsp3) is 0. The van der Waals surface area contributed by atoms with Crippen molar-refractivity contribution in [3.05, 3.63) is 35.0 Å². The molecule has 0 aliphatic carbocycles. The van der Waals surface area contributed by atoms with Crippen LogP contribution in [0.3, 0.4) is 0 Å². The second-order valence-corrected chi connectivity index (χ2v) is 3.38. The summed E-state index contributed by atoms with van der Waals surface area (Å²) >= 11 is 3.15. The largest absolute Gasteiger partial charge is 0.478 e. The highest BCUT2D eigenvalue weighted by atomic mass is 79.9. The summed E-state index contributed by atoms with van der Waals surface area (Å²) in [6.45, 7) is 0. The average Bonchev–Trinajstić information content (AvgIpc) is 2.61. The van der Waals surface area contributed by atoms with E-state index in [9.17, 15) is 4.79 Å². The van der Waals surface area contributed by atoms with Crippen LogP contribution >= 0.6 is 15.9 Å². The van der Waals surface area contributed by atoms with Crippen LogP contribution in [-0.2, 0) is 0 Å². The number of hydrogen-bond acceptors (Lipinski definition) is 4. The van der Waals surface area contributed by atoms with Gasteiger partial charge >= 0.3 is 5.97 Å². The Bertz CT molecular complexity index is 497. The molecule has 0 aliphatic heterocycles. The van der Waals surface area contributed by atoms with E-state index in [-0.39, 0.29) is 5.56 Å². The SMILES string of the molecule is O=C(O)c1cnn(-c2ccncn2)c1Br. The number of halogens is 1. The van der Waals surface area contributed by atoms with Gasteiger partial charge in [0.15, 0.2) is 5.82 Å². The second-order valence-electron chi connectivity index (χ2n) is 2.63. The Morgan fingerprint density at radius 3 is 2.87 bits per heavy atom. The van der Waals surface area contributed by atoms with E-state index in [1.807, 2.05) is 0 Å². The number of carbonyl (C=O) groups is 1. The van der Waals surface area contributed by atoms with Gasteiger partial charge in [-0.3, -0.25) is 0 Å². The molecule has 0 bridgehead atoms. The third kappa shape index (κ3) is 1.73. The molecule has 0 saturated heterocycles. The Balaban J connectivity index is 2.52. The van der Waals surface area contributed by atoms with Crippen molar-refractivity contribution in [3.8, 4) is 5.82 Å².